The third-order valence-corrected chi connectivity index (χ3v) is 10.2. The van der Waals surface area contributed by atoms with Gasteiger partial charge < -0.3 is 14.6 Å². The molecule has 0 spiro atoms. The van der Waals surface area contributed by atoms with Gasteiger partial charge in [-0.1, -0.05) is 57.2 Å². The largest absolute Gasteiger partial charge is 0.392 e. The smallest absolute Gasteiger partial charge is 0.227 e. The number of aliphatic hydroxyl groups excluding tert-OH is 1. The molecule has 0 saturated carbocycles. The number of aryl methyl sites for hydroxylation is 1. The first-order chi connectivity index (χ1) is 19.2. The molecule has 0 aliphatic carbocycles. The van der Waals surface area contributed by atoms with Gasteiger partial charge in [0.15, 0.2) is 0 Å². The fourth-order valence-electron chi connectivity index (χ4n) is 8.09. The van der Waals surface area contributed by atoms with Crippen molar-refractivity contribution in [2.24, 2.45) is 5.41 Å². The lowest BCUT2D eigenvalue weighted by Crippen LogP contribution is -2.50. The molecule has 3 fully saturated rings. The lowest BCUT2D eigenvalue weighted by atomic mass is 9.69. The summed E-state index contributed by atoms with van der Waals surface area (Å²) in [5, 5.41) is 9.88. The molecule has 0 radical (unpaired) electrons. The van der Waals surface area contributed by atoms with Crippen LogP contribution >= 0.6 is 0 Å². The Balaban J connectivity index is 1.20. The summed E-state index contributed by atoms with van der Waals surface area (Å²) in [5.41, 5.74) is 4.39. The number of aromatic nitrogens is 2. The van der Waals surface area contributed by atoms with Crippen LogP contribution in [0, 0.1) is 12.3 Å². The van der Waals surface area contributed by atoms with Gasteiger partial charge in [-0.05, 0) is 87.1 Å². The first kappa shape index (κ1) is 27.5. The van der Waals surface area contributed by atoms with Gasteiger partial charge in [0.25, 0.3) is 0 Å². The van der Waals surface area contributed by atoms with Crippen LogP contribution in [0.15, 0.2) is 48.5 Å². The summed E-state index contributed by atoms with van der Waals surface area (Å²) in [6, 6.07) is 18.9. The number of fused-ring (bicyclic) bond motifs is 3. The Hall–Kier alpha value is -2.70. The zero-order valence-electron chi connectivity index (χ0n) is 24.8. The number of hydrogen-bond donors (Lipinski definition) is 1. The lowest BCUT2D eigenvalue weighted by Gasteiger charge is -2.46. The van der Waals surface area contributed by atoms with Crippen LogP contribution in [0.5, 0.6) is 0 Å². The highest BCUT2D eigenvalue weighted by Gasteiger charge is 2.44. The maximum Gasteiger partial charge on any atom is 0.227 e. The van der Waals surface area contributed by atoms with Crippen molar-refractivity contribution in [1.29, 1.82) is 0 Å². The van der Waals surface area contributed by atoms with E-state index in [1.165, 1.54) is 36.8 Å². The van der Waals surface area contributed by atoms with E-state index in [0.717, 1.165) is 55.8 Å². The van der Waals surface area contributed by atoms with E-state index in [2.05, 4.69) is 63.8 Å². The van der Waals surface area contributed by atoms with Crippen molar-refractivity contribution >= 4 is 16.9 Å². The number of nitrogens with zero attached hydrogens (tertiary/aromatic N) is 4. The normalized spacial score (nSPS) is 25.0. The third kappa shape index (κ3) is 4.98. The Labute approximate surface area is 239 Å². The number of hydrogen-bond acceptors (Lipinski definition) is 4. The first-order valence-corrected chi connectivity index (χ1v) is 15.4. The molecule has 1 unspecified atom stereocenters. The second-order valence-corrected chi connectivity index (χ2v) is 13.7. The van der Waals surface area contributed by atoms with E-state index in [9.17, 15) is 9.90 Å². The highest BCUT2D eigenvalue weighted by Crippen LogP contribution is 2.45. The summed E-state index contributed by atoms with van der Waals surface area (Å²) in [5.74, 6) is 1.39. The Morgan fingerprint density at radius 1 is 1.00 bits per heavy atom. The van der Waals surface area contributed by atoms with Gasteiger partial charge in [-0.3, -0.25) is 9.69 Å². The van der Waals surface area contributed by atoms with E-state index in [1.807, 2.05) is 26.8 Å². The fraction of sp³-hybridized carbons (Fsp3) is 0.588. The standard InChI is InChI=1S/C34H46N4O2/c1-24-35-30-10-5-6-11-31(30)38(24)29-21-27-12-13-28(22-29)37(27)19-16-34(26-9-7-8-25(20-26)23-39)14-17-36(18-15-34)32(40)33(2,3)4/h5-11,20,27-29,39H,12-19,21-23H2,1-4H3/t27-,28+,29?. The minimum Gasteiger partial charge on any atom is -0.392 e. The molecule has 3 aliphatic rings. The highest BCUT2D eigenvalue weighted by atomic mass is 16.3. The highest BCUT2D eigenvalue weighted by molar-refractivity contribution is 5.81. The van der Waals surface area contributed by atoms with E-state index in [4.69, 9.17) is 4.98 Å². The van der Waals surface area contributed by atoms with Crippen molar-refractivity contribution in [3.05, 3.63) is 65.5 Å². The molecule has 1 amide bonds. The Bertz CT molecular complexity index is 1350. The molecular formula is C34H46N4O2. The van der Waals surface area contributed by atoms with Crippen molar-refractivity contribution in [2.75, 3.05) is 19.6 Å². The van der Waals surface area contributed by atoms with Crippen LogP contribution in [0.4, 0.5) is 0 Å². The molecule has 3 aliphatic heterocycles. The third-order valence-electron chi connectivity index (χ3n) is 10.2. The minimum atomic E-state index is -0.348. The van der Waals surface area contributed by atoms with Crippen LogP contribution in [0.25, 0.3) is 11.0 Å². The molecule has 3 saturated heterocycles. The number of amides is 1. The van der Waals surface area contributed by atoms with E-state index >= 15 is 0 Å². The second kappa shape index (κ2) is 10.6. The van der Waals surface area contributed by atoms with E-state index in [-0.39, 0.29) is 23.3 Å². The summed E-state index contributed by atoms with van der Waals surface area (Å²) >= 11 is 0. The molecule has 2 bridgehead atoms. The second-order valence-electron chi connectivity index (χ2n) is 13.7. The zero-order valence-corrected chi connectivity index (χ0v) is 24.8. The van der Waals surface area contributed by atoms with Gasteiger partial charge in [-0.15, -0.1) is 0 Å². The number of para-hydroxylation sites is 2. The summed E-state index contributed by atoms with van der Waals surface area (Å²) < 4.78 is 2.52. The van der Waals surface area contributed by atoms with Gasteiger partial charge in [-0.25, -0.2) is 4.98 Å². The van der Waals surface area contributed by atoms with Crippen LogP contribution in [0.1, 0.15) is 88.7 Å². The number of benzene rings is 2. The predicted octanol–water partition coefficient (Wildman–Crippen LogP) is 6.00. The molecular weight excluding hydrogens is 496 g/mol. The summed E-state index contributed by atoms with van der Waals surface area (Å²) in [4.78, 5) is 22.9. The molecule has 6 rings (SSSR count). The Morgan fingerprint density at radius 2 is 1.70 bits per heavy atom. The maximum absolute atomic E-state index is 13.1. The van der Waals surface area contributed by atoms with Crippen molar-refractivity contribution < 1.29 is 9.90 Å². The molecule has 2 aromatic carbocycles. The Morgan fingerprint density at radius 3 is 2.38 bits per heavy atom. The van der Waals surface area contributed by atoms with Crippen LogP contribution in [-0.4, -0.2) is 62.1 Å². The quantitative estimate of drug-likeness (QED) is 0.415. The molecule has 214 valence electrons. The van der Waals surface area contributed by atoms with E-state index in [0.29, 0.717) is 18.1 Å². The fourth-order valence-corrected chi connectivity index (χ4v) is 8.09. The molecule has 6 heteroatoms. The van der Waals surface area contributed by atoms with Crippen molar-refractivity contribution in [2.45, 2.75) is 103 Å². The number of rotatable bonds is 6. The summed E-state index contributed by atoms with van der Waals surface area (Å²) in [6.07, 6.45) is 8.02. The number of imidazole rings is 1. The number of carbonyl (C=O) groups is 1. The van der Waals surface area contributed by atoms with Crippen LogP contribution in [0.3, 0.4) is 0 Å². The molecule has 3 aromatic rings. The van der Waals surface area contributed by atoms with Gasteiger partial charge in [0.05, 0.1) is 17.6 Å². The maximum atomic E-state index is 13.1. The zero-order chi connectivity index (χ0) is 28.1. The van der Waals surface area contributed by atoms with Gasteiger partial charge in [-0.2, -0.15) is 0 Å². The average molecular weight is 543 g/mol. The molecule has 1 aromatic heterocycles. The van der Waals surface area contributed by atoms with Crippen LogP contribution < -0.4 is 0 Å². The van der Waals surface area contributed by atoms with E-state index in [1.54, 1.807) is 0 Å². The number of carbonyl (C=O) groups excluding carboxylic acids is 1. The Kier molecular flexibility index (Phi) is 7.28. The van der Waals surface area contributed by atoms with Crippen LogP contribution in [0.2, 0.25) is 0 Å². The van der Waals surface area contributed by atoms with Crippen molar-refractivity contribution in [1.82, 2.24) is 19.4 Å². The van der Waals surface area contributed by atoms with Gasteiger partial charge in [0.1, 0.15) is 5.82 Å². The molecule has 6 nitrogen and oxygen atoms in total. The average Bonchev–Trinajstić information content (AvgIpc) is 3.41. The van der Waals surface area contributed by atoms with Crippen molar-refractivity contribution in [3.8, 4) is 0 Å². The lowest BCUT2D eigenvalue weighted by molar-refractivity contribution is -0.141. The number of aliphatic hydroxyl groups is 1. The molecule has 4 heterocycles. The van der Waals surface area contributed by atoms with Gasteiger partial charge >= 0.3 is 0 Å². The topological polar surface area (TPSA) is 61.6 Å². The summed E-state index contributed by atoms with van der Waals surface area (Å²) in [6.45, 7) is 11.0. The van der Waals surface area contributed by atoms with Crippen LogP contribution in [-0.2, 0) is 16.8 Å². The predicted molar refractivity (Wildman–Crippen MR) is 160 cm³/mol. The minimum absolute atomic E-state index is 0.0350. The van der Waals surface area contributed by atoms with Gasteiger partial charge in [0.2, 0.25) is 5.91 Å². The van der Waals surface area contributed by atoms with Gasteiger partial charge in [0, 0.05) is 36.6 Å². The number of piperidine rings is 2. The summed E-state index contributed by atoms with van der Waals surface area (Å²) in [7, 11) is 0. The number of likely N-dealkylation sites (tertiary alicyclic amines) is 1. The first-order valence-electron chi connectivity index (χ1n) is 15.4. The monoisotopic (exact) mass is 542 g/mol. The SMILES string of the molecule is Cc1nc2ccccc2n1C1C[C@H]2CC[C@@H](C1)N2CCC1(c2cccc(CO)c2)CCN(C(=O)C(C)(C)C)CC1. The molecule has 40 heavy (non-hydrogen) atoms. The molecule has 3 atom stereocenters. The van der Waals surface area contributed by atoms with Crippen molar-refractivity contribution in [3.63, 3.8) is 0 Å². The van der Waals surface area contributed by atoms with E-state index < -0.39 is 0 Å². The molecule has 1 N–H and O–H groups in total.